The number of hydrogen-bond donors (Lipinski definition) is 2. The molecule has 1 aliphatic carbocycles. The number of amides is 1. The minimum absolute atomic E-state index is 0.0170. The summed E-state index contributed by atoms with van der Waals surface area (Å²) in [4.78, 5) is 72.3. The molecule has 4 heterocycles. The number of methoxy groups -OCH3 is 3. The smallest absolute Gasteiger partial charge is 0.329 e. The van der Waals surface area contributed by atoms with Crippen molar-refractivity contribution in [3.8, 4) is 0 Å². The second-order valence-electron chi connectivity index (χ2n) is 20.4. The summed E-state index contributed by atoms with van der Waals surface area (Å²) >= 11 is 0. The van der Waals surface area contributed by atoms with Crippen LogP contribution in [0.5, 0.6) is 0 Å². The van der Waals surface area contributed by atoms with E-state index in [4.69, 9.17) is 23.7 Å². The zero-order valence-electron chi connectivity index (χ0n) is 42.5. The highest BCUT2D eigenvalue weighted by molar-refractivity contribution is 6.39. The van der Waals surface area contributed by atoms with Gasteiger partial charge in [-0.1, -0.05) is 71.1 Å². The number of aromatic nitrogens is 4. The second-order valence-corrected chi connectivity index (χ2v) is 20.4. The minimum Gasteiger partial charge on any atom is -0.460 e. The maximum absolute atomic E-state index is 14.5. The topological polar surface area (TPSA) is 219 Å². The van der Waals surface area contributed by atoms with Crippen LogP contribution in [-0.4, -0.2) is 141 Å². The number of carbonyl (C=O) groups excluding carboxylic acids is 5. The van der Waals surface area contributed by atoms with Gasteiger partial charge in [-0.25, -0.2) is 9.48 Å². The Hall–Kier alpha value is -4.26. The van der Waals surface area contributed by atoms with Crippen molar-refractivity contribution in [3.05, 3.63) is 53.9 Å². The fraction of sp³-hybridized carbons (Fsp3) is 0.731. The number of carbonyl (C=O) groups is 5. The van der Waals surface area contributed by atoms with E-state index in [-0.39, 0.29) is 60.9 Å². The summed E-state index contributed by atoms with van der Waals surface area (Å²) in [6.07, 6.45) is 13.9. The van der Waals surface area contributed by atoms with Gasteiger partial charge in [0.2, 0.25) is 5.79 Å². The Bertz CT molecular complexity index is 2020. The van der Waals surface area contributed by atoms with E-state index in [1.807, 2.05) is 58.1 Å². The van der Waals surface area contributed by atoms with E-state index >= 15 is 0 Å². The van der Waals surface area contributed by atoms with E-state index in [2.05, 4.69) is 15.5 Å². The third-order valence-electron chi connectivity index (χ3n) is 15.2. The Balaban J connectivity index is 1.46. The SMILES string of the molecule is COC1C(=O)C(C)C[C@H](C)/C=C/C=C/C=C(\C)[C@@H](OC)C[C@@H]2CC[C@@H](C)[C@@](O)(O2)C(=O)C(=O)N2CCCC[C@H]2C(=O)O[C@H]([C@H](C)CC2CC[C@H](n3cnnn3)C(OC)C2)CC(=O)[C@H](C)/C=C(\C)[C@H]1O. The molecule has 1 amide bonds. The van der Waals surface area contributed by atoms with Gasteiger partial charge < -0.3 is 38.8 Å². The quantitative estimate of drug-likeness (QED) is 0.181. The third kappa shape index (κ3) is 14.2. The van der Waals surface area contributed by atoms with Crippen molar-refractivity contribution in [2.75, 3.05) is 27.9 Å². The molecule has 1 aromatic heterocycles. The fourth-order valence-electron chi connectivity index (χ4n) is 10.7. The van der Waals surface area contributed by atoms with Gasteiger partial charge >= 0.3 is 5.97 Å². The molecule has 15 atom stereocenters. The van der Waals surface area contributed by atoms with Crippen molar-refractivity contribution in [1.82, 2.24) is 25.1 Å². The van der Waals surface area contributed by atoms with Gasteiger partial charge in [0.1, 0.15) is 36.5 Å². The number of esters is 1. The second kappa shape index (κ2) is 25.7. The van der Waals surface area contributed by atoms with Crippen LogP contribution in [0.15, 0.2) is 53.9 Å². The monoisotopic (exact) mass is 966 g/mol. The maximum Gasteiger partial charge on any atom is 0.329 e. The van der Waals surface area contributed by atoms with Crippen LogP contribution in [-0.2, 0) is 47.7 Å². The summed E-state index contributed by atoms with van der Waals surface area (Å²) in [6, 6.07) is -1.19. The summed E-state index contributed by atoms with van der Waals surface area (Å²) in [6.45, 7) is 12.8. The Morgan fingerprint density at radius 3 is 2.32 bits per heavy atom. The maximum atomic E-state index is 14.5. The molecule has 2 bridgehead atoms. The molecule has 0 spiro atoms. The van der Waals surface area contributed by atoms with Crippen molar-refractivity contribution < 1.29 is 57.9 Å². The van der Waals surface area contributed by atoms with Crippen LogP contribution in [0.25, 0.3) is 0 Å². The zero-order chi connectivity index (χ0) is 50.6. The lowest BCUT2D eigenvalue weighted by Gasteiger charge is -2.42. The summed E-state index contributed by atoms with van der Waals surface area (Å²) in [7, 11) is 4.62. The van der Waals surface area contributed by atoms with Crippen molar-refractivity contribution in [2.45, 2.75) is 180 Å². The number of ether oxygens (including phenoxy) is 5. The predicted molar refractivity (Wildman–Crippen MR) is 256 cm³/mol. The number of fused-ring (bicyclic) bond motifs is 3. The molecule has 3 aliphatic heterocycles. The number of allylic oxidation sites excluding steroid dienone is 6. The van der Waals surface area contributed by atoms with Gasteiger partial charge in [0.05, 0.1) is 24.4 Å². The number of rotatable bonds is 7. The zero-order valence-corrected chi connectivity index (χ0v) is 42.5. The van der Waals surface area contributed by atoms with Crippen molar-refractivity contribution in [2.24, 2.45) is 35.5 Å². The Morgan fingerprint density at radius 1 is 0.884 bits per heavy atom. The number of aliphatic hydroxyl groups excluding tert-OH is 1. The Kier molecular flexibility index (Phi) is 20.8. The number of cyclic esters (lactones) is 1. The molecule has 384 valence electrons. The number of ketones is 3. The summed E-state index contributed by atoms with van der Waals surface area (Å²) < 4.78 is 31.6. The third-order valence-corrected chi connectivity index (χ3v) is 15.2. The number of hydrogen-bond acceptors (Lipinski definition) is 15. The van der Waals surface area contributed by atoms with Gasteiger partial charge in [0.15, 0.2) is 5.78 Å². The van der Waals surface area contributed by atoms with Crippen LogP contribution < -0.4 is 0 Å². The predicted octanol–water partition coefficient (Wildman–Crippen LogP) is 6.05. The van der Waals surface area contributed by atoms with E-state index in [1.165, 1.54) is 12.0 Å². The standard InChI is InChI=1S/C52H79N5O12/c1-31-16-12-11-13-17-32(2)43(65-8)28-39-21-19-37(7)52(64,69-39)49(61)50(62)56-23-15-14-18-41(56)51(63)68-44(34(4)26-38-20-22-40(45(27-38)66-9)57-30-53-54-55-57)29-42(58)33(3)25-36(6)47(60)48(67-10)46(59)35(5)24-31/h11-13,16-17,25,30-31,33-35,37-41,43-45,47-48,60,64H,14-15,18-24,26-29H2,1-10H3/b13-11+,16-12+,32-17+,36-25+/t31-,33-,34-,35?,37-,38?,39+,40+,41+,43+,44+,45?,47-,48?,52-/m1/s1. The molecule has 4 aliphatic rings. The number of Topliss-reactive ketones (excluding diaryl/α,β-unsaturated/α-hetero) is 3. The Labute approximate surface area is 408 Å². The van der Waals surface area contributed by atoms with Gasteiger partial charge in [-0.05, 0) is 117 Å². The van der Waals surface area contributed by atoms with Crippen LogP contribution >= 0.6 is 0 Å². The average Bonchev–Trinajstić information content (AvgIpc) is 3.88. The van der Waals surface area contributed by atoms with E-state index in [0.29, 0.717) is 56.9 Å². The number of piperidine rings is 1. The molecule has 0 radical (unpaired) electrons. The number of nitrogens with zero attached hydrogens (tertiary/aromatic N) is 5. The average molecular weight is 966 g/mol. The molecule has 3 fully saturated rings. The van der Waals surface area contributed by atoms with Gasteiger partial charge in [-0.15, -0.1) is 5.10 Å². The molecule has 5 rings (SSSR count). The molecular formula is C52H79N5O12. The number of aliphatic hydroxyl groups is 2. The highest BCUT2D eigenvalue weighted by Gasteiger charge is 2.53. The highest BCUT2D eigenvalue weighted by Crippen LogP contribution is 2.39. The largest absolute Gasteiger partial charge is 0.460 e. The van der Waals surface area contributed by atoms with E-state index < -0.39 is 77.8 Å². The summed E-state index contributed by atoms with van der Waals surface area (Å²) in [5.74, 6) is -7.92. The van der Waals surface area contributed by atoms with Gasteiger partial charge in [0, 0.05) is 58.5 Å². The first-order chi connectivity index (χ1) is 32.8. The van der Waals surface area contributed by atoms with Gasteiger partial charge in [-0.3, -0.25) is 19.2 Å². The molecule has 69 heavy (non-hydrogen) atoms. The van der Waals surface area contributed by atoms with Crippen LogP contribution in [0.2, 0.25) is 0 Å². The van der Waals surface area contributed by atoms with Crippen LogP contribution in [0, 0.1) is 35.5 Å². The molecule has 2 saturated heterocycles. The van der Waals surface area contributed by atoms with Crippen LogP contribution in [0.4, 0.5) is 0 Å². The molecule has 17 nitrogen and oxygen atoms in total. The van der Waals surface area contributed by atoms with Crippen LogP contribution in [0.3, 0.4) is 0 Å². The van der Waals surface area contributed by atoms with Gasteiger partial charge in [0.25, 0.3) is 11.7 Å². The van der Waals surface area contributed by atoms with Crippen molar-refractivity contribution >= 4 is 29.2 Å². The lowest BCUT2D eigenvalue weighted by molar-refractivity contribution is -0.265. The molecule has 17 heteroatoms. The lowest BCUT2D eigenvalue weighted by atomic mass is 9.77. The van der Waals surface area contributed by atoms with E-state index in [1.54, 1.807) is 52.1 Å². The molecule has 1 aromatic rings. The van der Waals surface area contributed by atoms with Crippen molar-refractivity contribution in [3.63, 3.8) is 0 Å². The summed E-state index contributed by atoms with van der Waals surface area (Å²) in [5, 5.41) is 35.2. The molecular weight excluding hydrogens is 887 g/mol. The number of tetrazole rings is 1. The molecule has 1 saturated carbocycles. The first-order valence-corrected chi connectivity index (χ1v) is 25.0. The normalized spacial score (nSPS) is 38.8. The molecule has 4 unspecified atom stereocenters. The fourth-order valence-corrected chi connectivity index (χ4v) is 10.7. The summed E-state index contributed by atoms with van der Waals surface area (Å²) in [5.41, 5.74) is 1.27. The molecule has 0 aromatic carbocycles. The van der Waals surface area contributed by atoms with Crippen LogP contribution in [0.1, 0.15) is 132 Å². The van der Waals surface area contributed by atoms with E-state index in [0.717, 1.165) is 18.4 Å². The minimum atomic E-state index is -2.43. The highest BCUT2D eigenvalue weighted by atomic mass is 16.6. The Morgan fingerprint density at radius 2 is 1.64 bits per heavy atom. The van der Waals surface area contributed by atoms with Gasteiger partial charge in [-0.2, -0.15) is 0 Å². The molecule has 2 N–H and O–H groups in total. The van der Waals surface area contributed by atoms with Crippen molar-refractivity contribution in [1.29, 1.82) is 0 Å². The first kappa shape index (κ1) is 55.7. The van der Waals surface area contributed by atoms with E-state index in [9.17, 15) is 34.2 Å². The lowest BCUT2D eigenvalue weighted by Crippen LogP contribution is -2.61. The first-order valence-electron chi connectivity index (χ1n) is 25.0.